The van der Waals surface area contributed by atoms with Crippen LogP contribution >= 0.6 is 34.8 Å². The zero-order chi connectivity index (χ0) is 31.9. The Kier molecular flexibility index (Phi) is 7.30. The van der Waals surface area contributed by atoms with Crippen LogP contribution < -0.4 is 14.4 Å². The highest BCUT2D eigenvalue weighted by molar-refractivity contribution is 6.53. The number of methoxy groups -OCH3 is 2. The van der Waals surface area contributed by atoms with Crippen molar-refractivity contribution < 1.29 is 33.8 Å². The Labute approximate surface area is 268 Å². The number of hydrogen-bond acceptors (Lipinski definition) is 7. The number of imide groups is 2. The van der Waals surface area contributed by atoms with E-state index in [2.05, 4.69) is 0 Å². The molecule has 9 nitrogen and oxygen atoms in total. The largest absolute Gasteiger partial charge is 0.502 e. The van der Waals surface area contributed by atoms with Crippen LogP contribution in [0.15, 0.2) is 48.1 Å². The minimum Gasteiger partial charge on any atom is -0.502 e. The van der Waals surface area contributed by atoms with E-state index in [0.717, 1.165) is 15.4 Å². The number of likely N-dealkylation sites (tertiary alicyclic amines) is 1. The van der Waals surface area contributed by atoms with Gasteiger partial charge in [-0.15, -0.1) is 23.2 Å². The number of halogens is 3. The van der Waals surface area contributed by atoms with E-state index in [1.165, 1.54) is 21.3 Å². The van der Waals surface area contributed by atoms with E-state index in [-0.39, 0.29) is 36.0 Å². The maximum absolute atomic E-state index is 14.1. The first-order chi connectivity index (χ1) is 20.8. The molecule has 2 aliphatic carbocycles. The molecule has 0 spiro atoms. The number of nitrogens with zero attached hydrogens (tertiary/aromatic N) is 2. The van der Waals surface area contributed by atoms with Crippen molar-refractivity contribution >= 4 is 70.2 Å². The number of benzene rings is 2. The van der Waals surface area contributed by atoms with Crippen LogP contribution in [-0.4, -0.2) is 64.7 Å². The van der Waals surface area contributed by atoms with Crippen molar-refractivity contribution in [2.45, 2.75) is 29.5 Å². The van der Waals surface area contributed by atoms with Gasteiger partial charge in [0, 0.05) is 18.0 Å². The topological polar surface area (TPSA) is 113 Å². The molecule has 6 rings (SSSR count). The molecular weight excluding hydrogens is 631 g/mol. The first-order valence-electron chi connectivity index (χ1n) is 14.0. The maximum atomic E-state index is 14.1. The number of rotatable bonds is 5. The normalized spacial score (nSPS) is 31.3. The molecule has 1 N–H and O–H groups in total. The lowest BCUT2D eigenvalue weighted by molar-refractivity contribution is -0.138. The van der Waals surface area contributed by atoms with E-state index in [4.69, 9.17) is 44.3 Å². The molecule has 0 radical (unpaired) electrons. The number of aryl methyl sites for hydroxylation is 1. The number of hydrogen-bond donors (Lipinski definition) is 1. The Bertz CT molecular complexity index is 1680. The van der Waals surface area contributed by atoms with Gasteiger partial charge in [-0.25, -0.2) is 4.90 Å². The fourth-order valence-corrected chi connectivity index (χ4v) is 8.33. The Morgan fingerprint density at radius 2 is 1.64 bits per heavy atom. The quantitative estimate of drug-likeness (QED) is 0.270. The van der Waals surface area contributed by atoms with Crippen LogP contribution in [0, 0.1) is 30.6 Å². The van der Waals surface area contributed by atoms with Gasteiger partial charge in [-0.3, -0.25) is 24.1 Å². The molecule has 2 aromatic carbocycles. The van der Waals surface area contributed by atoms with Gasteiger partial charge in [0.2, 0.25) is 17.6 Å². The van der Waals surface area contributed by atoms with E-state index in [1.807, 2.05) is 13.0 Å². The average molecular weight is 660 g/mol. The highest BCUT2D eigenvalue weighted by Gasteiger charge is 2.75. The molecule has 3 fully saturated rings. The molecule has 2 aliphatic heterocycles. The number of amides is 4. The molecule has 230 valence electrons. The van der Waals surface area contributed by atoms with Crippen molar-refractivity contribution in [2.24, 2.45) is 23.7 Å². The lowest BCUT2D eigenvalue weighted by Gasteiger charge is -2.49. The second-order valence-corrected chi connectivity index (χ2v) is 13.3. The number of fused-ring (bicyclic) bond motifs is 4. The fourth-order valence-electron chi connectivity index (χ4n) is 7.18. The van der Waals surface area contributed by atoms with Crippen LogP contribution in [0.5, 0.6) is 17.2 Å². The molecule has 0 aromatic heterocycles. The van der Waals surface area contributed by atoms with Gasteiger partial charge in [0.25, 0.3) is 11.8 Å². The third-order valence-corrected chi connectivity index (χ3v) is 11.3. The molecule has 12 heteroatoms. The van der Waals surface area contributed by atoms with Crippen molar-refractivity contribution in [3.63, 3.8) is 0 Å². The first-order valence-corrected chi connectivity index (χ1v) is 15.1. The van der Waals surface area contributed by atoms with Gasteiger partial charge in [0.05, 0.1) is 31.7 Å². The summed E-state index contributed by atoms with van der Waals surface area (Å²) in [6.07, 6.45) is 5.34. The summed E-state index contributed by atoms with van der Waals surface area (Å²) in [7, 11) is 4.14. The van der Waals surface area contributed by atoms with Crippen molar-refractivity contribution in [2.75, 3.05) is 26.2 Å². The van der Waals surface area contributed by atoms with Gasteiger partial charge >= 0.3 is 0 Å². The summed E-state index contributed by atoms with van der Waals surface area (Å²) >= 11 is 20.7. The average Bonchev–Trinajstić information content (AvgIpc) is 3.33. The molecular formula is C32H29Cl3N2O7. The number of alkyl halides is 2. The molecule has 1 saturated carbocycles. The molecule has 44 heavy (non-hydrogen) atoms. The van der Waals surface area contributed by atoms with Crippen LogP contribution in [0.25, 0.3) is 6.08 Å². The van der Waals surface area contributed by atoms with Gasteiger partial charge in [-0.05, 0) is 61.1 Å². The third kappa shape index (κ3) is 4.05. The van der Waals surface area contributed by atoms with E-state index in [9.17, 15) is 24.3 Å². The Hall–Kier alpha value is -3.53. The van der Waals surface area contributed by atoms with E-state index in [1.54, 1.807) is 42.5 Å². The zero-order valence-electron chi connectivity index (χ0n) is 24.3. The SMILES string of the molecule is COc1cc(C=CC2C3=CCC4C(=O)N(c5ccc(C)c(Cl)c5)C(=O)C4C3CC3(Cl)C(=O)N(C)C(=O)C23Cl)cc(OC)c1O. The standard InChI is InChI=1S/C32H29Cl3N2O7/c1-15-5-7-17(13-22(15)33)37-27(39)19-9-8-18-20(25(19)28(37)40)14-31(34)29(41)36(2)30(42)32(31,35)21(18)10-6-16-11-23(43-3)26(38)24(12-16)44-4/h5-8,10-13,19-21,25,38H,9,14H2,1-4H3. The van der Waals surface area contributed by atoms with Crippen molar-refractivity contribution in [1.82, 2.24) is 4.90 Å². The van der Waals surface area contributed by atoms with E-state index >= 15 is 0 Å². The number of ether oxygens (including phenoxy) is 2. The molecule has 2 aromatic rings. The summed E-state index contributed by atoms with van der Waals surface area (Å²) in [5, 5.41) is 10.8. The van der Waals surface area contributed by atoms with Crippen LogP contribution in [0.3, 0.4) is 0 Å². The monoisotopic (exact) mass is 658 g/mol. The number of carbonyl (C=O) groups is 4. The minimum absolute atomic E-state index is 0.104. The second-order valence-electron chi connectivity index (χ2n) is 11.6. The van der Waals surface area contributed by atoms with Crippen LogP contribution in [-0.2, 0) is 19.2 Å². The molecule has 0 bridgehead atoms. The Morgan fingerprint density at radius 3 is 2.25 bits per heavy atom. The summed E-state index contributed by atoms with van der Waals surface area (Å²) in [5.41, 5.74) is 2.38. The highest BCUT2D eigenvalue weighted by Crippen LogP contribution is 2.63. The second kappa shape index (κ2) is 10.5. The minimum atomic E-state index is -1.90. The lowest BCUT2D eigenvalue weighted by Crippen LogP contribution is -2.60. The first kappa shape index (κ1) is 30.5. The summed E-state index contributed by atoms with van der Waals surface area (Å²) < 4.78 is 10.6. The van der Waals surface area contributed by atoms with Gasteiger partial charge in [0.1, 0.15) is 0 Å². The van der Waals surface area contributed by atoms with Gasteiger partial charge in [-0.1, -0.05) is 41.5 Å². The number of allylic oxidation sites excluding steroid dienone is 3. The number of carbonyl (C=O) groups excluding carboxylic acids is 4. The fraction of sp³-hybridized carbons (Fsp3) is 0.375. The molecule has 2 heterocycles. The van der Waals surface area contributed by atoms with Crippen molar-refractivity contribution in [3.8, 4) is 17.2 Å². The zero-order valence-corrected chi connectivity index (χ0v) is 26.5. The predicted molar refractivity (Wildman–Crippen MR) is 165 cm³/mol. The highest BCUT2D eigenvalue weighted by atomic mass is 35.5. The van der Waals surface area contributed by atoms with Gasteiger partial charge in [-0.2, -0.15) is 0 Å². The summed E-state index contributed by atoms with van der Waals surface area (Å²) in [6, 6.07) is 8.16. The van der Waals surface area contributed by atoms with Gasteiger partial charge < -0.3 is 14.6 Å². The number of phenols is 1. The number of anilines is 1. The Balaban J connectivity index is 1.46. The third-order valence-electron chi connectivity index (χ3n) is 9.47. The maximum Gasteiger partial charge on any atom is 0.253 e. The van der Waals surface area contributed by atoms with E-state index in [0.29, 0.717) is 21.8 Å². The molecule has 6 unspecified atom stereocenters. The summed E-state index contributed by atoms with van der Waals surface area (Å²) in [4.78, 5) is 53.3. The van der Waals surface area contributed by atoms with Crippen LogP contribution in [0.1, 0.15) is 24.0 Å². The lowest BCUT2D eigenvalue weighted by atomic mass is 9.57. The molecule has 2 saturated heterocycles. The van der Waals surface area contributed by atoms with Crippen LogP contribution in [0.4, 0.5) is 5.69 Å². The molecule has 6 atom stereocenters. The smallest absolute Gasteiger partial charge is 0.253 e. The van der Waals surface area contributed by atoms with Gasteiger partial charge in [0.15, 0.2) is 21.2 Å². The number of phenolic OH excluding ortho intramolecular Hbond substituents is 1. The summed E-state index contributed by atoms with van der Waals surface area (Å²) in [5.74, 6) is -5.01. The summed E-state index contributed by atoms with van der Waals surface area (Å²) in [6.45, 7) is 1.82. The Morgan fingerprint density at radius 1 is 0.977 bits per heavy atom. The van der Waals surface area contributed by atoms with Crippen molar-refractivity contribution in [3.05, 3.63) is 64.2 Å². The molecule has 4 amide bonds. The predicted octanol–water partition coefficient (Wildman–Crippen LogP) is 5.11. The van der Waals surface area contributed by atoms with Crippen molar-refractivity contribution in [1.29, 1.82) is 0 Å². The van der Waals surface area contributed by atoms with Crippen LogP contribution in [0.2, 0.25) is 5.02 Å². The molecule has 4 aliphatic rings. The van der Waals surface area contributed by atoms with E-state index < -0.39 is 51.1 Å². The number of aromatic hydroxyl groups is 1.